The summed E-state index contributed by atoms with van der Waals surface area (Å²) in [6.07, 6.45) is 3.31. The van der Waals surface area contributed by atoms with E-state index in [1.54, 1.807) is 14.2 Å². The molecule has 1 aromatic rings. The molecule has 0 aliphatic heterocycles. The molecule has 0 fully saturated rings. The third kappa shape index (κ3) is 4.57. The van der Waals surface area contributed by atoms with Crippen LogP contribution in [0.3, 0.4) is 0 Å². The summed E-state index contributed by atoms with van der Waals surface area (Å²) in [5.74, 6) is 1.75. The van der Waals surface area contributed by atoms with Crippen LogP contribution in [0.15, 0.2) is 18.2 Å². The van der Waals surface area contributed by atoms with Gasteiger partial charge in [-0.05, 0) is 44.4 Å². The Balaban J connectivity index is 2.55. The minimum atomic E-state index is 0.539. The van der Waals surface area contributed by atoms with Gasteiger partial charge in [0.2, 0.25) is 0 Å². The number of nitrogens with one attached hydrogen (secondary N) is 1. The summed E-state index contributed by atoms with van der Waals surface area (Å²) in [5, 5.41) is 3.50. The van der Waals surface area contributed by atoms with Crippen LogP contribution in [0, 0.1) is 0 Å². The second-order valence-electron chi connectivity index (χ2n) is 4.57. The van der Waals surface area contributed by atoms with Gasteiger partial charge in [-0.25, -0.2) is 0 Å². The van der Waals surface area contributed by atoms with E-state index in [0.717, 1.165) is 30.9 Å². The van der Waals surface area contributed by atoms with Crippen molar-refractivity contribution in [2.45, 2.75) is 39.2 Å². The van der Waals surface area contributed by atoms with Gasteiger partial charge in [-0.15, -0.1) is 0 Å². The number of methoxy groups -OCH3 is 2. The van der Waals surface area contributed by atoms with Gasteiger partial charge >= 0.3 is 0 Å². The van der Waals surface area contributed by atoms with Crippen molar-refractivity contribution in [3.8, 4) is 11.5 Å². The lowest BCUT2D eigenvalue weighted by Gasteiger charge is -2.15. The van der Waals surface area contributed by atoms with Gasteiger partial charge in [0.15, 0.2) is 0 Å². The minimum absolute atomic E-state index is 0.539. The van der Waals surface area contributed by atoms with E-state index in [9.17, 15) is 0 Å². The average molecular weight is 251 g/mol. The van der Waals surface area contributed by atoms with E-state index in [2.05, 4.69) is 25.2 Å². The molecule has 3 heteroatoms. The van der Waals surface area contributed by atoms with Crippen molar-refractivity contribution >= 4 is 0 Å². The van der Waals surface area contributed by atoms with Crippen molar-refractivity contribution in [1.29, 1.82) is 0 Å². The zero-order valence-corrected chi connectivity index (χ0v) is 12.0. The molecule has 0 radical (unpaired) electrons. The maximum Gasteiger partial charge on any atom is 0.125 e. The first-order valence-electron chi connectivity index (χ1n) is 6.65. The SMILES string of the molecule is CCCNC(C)CCc1ccc(OC)cc1OC. The van der Waals surface area contributed by atoms with Crippen molar-refractivity contribution in [1.82, 2.24) is 5.32 Å². The molecule has 1 N–H and O–H groups in total. The minimum Gasteiger partial charge on any atom is -0.497 e. The number of hydrogen-bond donors (Lipinski definition) is 1. The Labute approximate surface area is 110 Å². The molecule has 0 aliphatic carbocycles. The molecule has 0 aromatic heterocycles. The summed E-state index contributed by atoms with van der Waals surface area (Å²) in [5.41, 5.74) is 1.24. The first-order valence-corrected chi connectivity index (χ1v) is 6.65. The fraction of sp³-hybridized carbons (Fsp3) is 0.600. The third-order valence-electron chi connectivity index (χ3n) is 3.08. The number of ether oxygens (including phenoxy) is 2. The van der Waals surface area contributed by atoms with Crippen LogP contribution in [0.1, 0.15) is 32.3 Å². The van der Waals surface area contributed by atoms with Crippen molar-refractivity contribution in [3.63, 3.8) is 0 Å². The highest BCUT2D eigenvalue weighted by Crippen LogP contribution is 2.25. The largest absolute Gasteiger partial charge is 0.497 e. The third-order valence-corrected chi connectivity index (χ3v) is 3.08. The quantitative estimate of drug-likeness (QED) is 0.770. The Morgan fingerprint density at radius 1 is 1.22 bits per heavy atom. The molecule has 1 aromatic carbocycles. The first-order chi connectivity index (χ1) is 8.71. The maximum atomic E-state index is 5.40. The normalized spacial score (nSPS) is 12.2. The van der Waals surface area contributed by atoms with E-state index in [4.69, 9.17) is 9.47 Å². The van der Waals surface area contributed by atoms with Crippen LogP contribution in [0.5, 0.6) is 11.5 Å². The Morgan fingerprint density at radius 3 is 2.61 bits per heavy atom. The molecule has 0 saturated carbocycles. The Kier molecular flexibility index (Phi) is 6.58. The van der Waals surface area contributed by atoms with E-state index in [1.165, 1.54) is 12.0 Å². The molecule has 1 unspecified atom stereocenters. The van der Waals surface area contributed by atoms with Crippen LogP contribution in [0.4, 0.5) is 0 Å². The van der Waals surface area contributed by atoms with Crippen molar-refractivity contribution in [2.75, 3.05) is 20.8 Å². The van der Waals surface area contributed by atoms with Gasteiger partial charge in [0, 0.05) is 12.1 Å². The molecule has 102 valence electrons. The predicted molar refractivity (Wildman–Crippen MR) is 75.6 cm³/mol. The fourth-order valence-corrected chi connectivity index (χ4v) is 1.92. The predicted octanol–water partition coefficient (Wildman–Crippen LogP) is 3.02. The second-order valence-corrected chi connectivity index (χ2v) is 4.57. The summed E-state index contributed by atoms with van der Waals surface area (Å²) in [6, 6.07) is 6.56. The Bertz CT molecular complexity index is 352. The Hall–Kier alpha value is -1.22. The summed E-state index contributed by atoms with van der Waals surface area (Å²) in [6.45, 7) is 5.50. The van der Waals surface area contributed by atoms with Crippen LogP contribution in [0.25, 0.3) is 0 Å². The van der Waals surface area contributed by atoms with Gasteiger partial charge in [-0.2, -0.15) is 0 Å². The second kappa shape index (κ2) is 7.98. The number of rotatable bonds is 8. The lowest BCUT2D eigenvalue weighted by molar-refractivity contribution is 0.389. The molecule has 1 rings (SSSR count). The van der Waals surface area contributed by atoms with Crippen LogP contribution in [-0.2, 0) is 6.42 Å². The zero-order chi connectivity index (χ0) is 13.4. The van der Waals surface area contributed by atoms with Gasteiger partial charge in [-0.1, -0.05) is 13.0 Å². The molecule has 0 heterocycles. The molecule has 18 heavy (non-hydrogen) atoms. The summed E-state index contributed by atoms with van der Waals surface area (Å²) in [4.78, 5) is 0. The lowest BCUT2D eigenvalue weighted by Crippen LogP contribution is -2.27. The van der Waals surface area contributed by atoms with Gasteiger partial charge in [-0.3, -0.25) is 0 Å². The zero-order valence-electron chi connectivity index (χ0n) is 12.0. The van der Waals surface area contributed by atoms with Gasteiger partial charge in [0.05, 0.1) is 14.2 Å². The molecule has 3 nitrogen and oxygen atoms in total. The number of hydrogen-bond acceptors (Lipinski definition) is 3. The highest BCUT2D eigenvalue weighted by atomic mass is 16.5. The molecule has 0 spiro atoms. The Morgan fingerprint density at radius 2 is 2.00 bits per heavy atom. The first kappa shape index (κ1) is 14.8. The van der Waals surface area contributed by atoms with Crippen molar-refractivity contribution in [2.24, 2.45) is 0 Å². The fourth-order valence-electron chi connectivity index (χ4n) is 1.92. The summed E-state index contributed by atoms with van der Waals surface area (Å²) >= 11 is 0. The van der Waals surface area contributed by atoms with Crippen molar-refractivity contribution in [3.05, 3.63) is 23.8 Å². The van der Waals surface area contributed by atoms with Gasteiger partial charge in [0.25, 0.3) is 0 Å². The smallest absolute Gasteiger partial charge is 0.125 e. The van der Waals surface area contributed by atoms with Crippen molar-refractivity contribution < 1.29 is 9.47 Å². The van der Waals surface area contributed by atoms with E-state index >= 15 is 0 Å². The highest BCUT2D eigenvalue weighted by molar-refractivity contribution is 5.40. The number of aryl methyl sites for hydroxylation is 1. The maximum absolute atomic E-state index is 5.40. The van der Waals surface area contributed by atoms with Crippen LogP contribution < -0.4 is 14.8 Å². The lowest BCUT2D eigenvalue weighted by atomic mass is 10.0. The standard InChI is InChI=1S/C15H25NO2/c1-5-10-16-12(2)6-7-13-8-9-14(17-3)11-15(13)18-4/h8-9,11-12,16H,5-7,10H2,1-4H3. The highest BCUT2D eigenvalue weighted by Gasteiger charge is 2.07. The molecular weight excluding hydrogens is 226 g/mol. The molecule has 0 amide bonds. The molecule has 0 aliphatic rings. The van der Waals surface area contributed by atoms with Gasteiger partial charge < -0.3 is 14.8 Å². The van der Waals surface area contributed by atoms with E-state index in [1.807, 2.05) is 12.1 Å². The van der Waals surface area contributed by atoms with Gasteiger partial charge in [0.1, 0.15) is 11.5 Å². The molecular formula is C15H25NO2. The molecule has 1 atom stereocenters. The molecule has 0 bridgehead atoms. The van der Waals surface area contributed by atoms with Crippen LogP contribution >= 0.6 is 0 Å². The summed E-state index contributed by atoms with van der Waals surface area (Å²) in [7, 11) is 3.38. The summed E-state index contributed by atoms with van der Waals surface area (Å²) < 4.78 is 10.6. The van der Waals surface area contributed by atoms with Crippen LogP contribution in [-0.4, -0.2) is 26.8 Å². The monoisotopic (exact) mass is 251 g/mol. The molecule has 0 saturated heterocycles. The topological polar surface area (TPSA) is 30.5 Å². The van der Waals surface area contributed by atoms with E-state index in [-0.39, 0.29) is 0 Å². The van der Waals surface area contributed by atoms with E-state index in [0.29, 0.717) is 6.04 Å². The van der Waals surface area contributed by atoms with Crippen LogP contribution in [0.2, 0.25) is 0 Å². The van der Waals surface area contributed by atoms with E-state index < -0.39 is 0 Å². The number of benzene rings is 1. The average Bonchev–Trinajstić information content (AvgIpc) is 2.42.